The van der Waals surface area contributed by atoms with E-state index >= 15 is 0 Å². The molecule has 2 N–H and O–H groups in total. The summed E-state index contributed by atoms with van der Waals surface area (Å²) in [5, 5.41) is 18.2. The zero-order chi connectivity index (χ0) is 11.9. The third kappa shape index (κ3) is 1.57. The molecular weight excluding hydrogens is 218 g/mol. The number of carbonyl (C=O) groups is 1. The van der Waals surface area contributed by atoms with E-state index in [2.05, 4.69) is 0 Å². The summed E-state index contributed by atoms with van der Waals surface area (Å²) in [6, 6.07) is 2.96. The Labute approximate surface area is 90.3 Å². The standard InChI is InChI=1S/C11H10F2O3/c12-6-1-2-7(8(13)5-6)11(3-4-11)9(14)10(15)16/h1-2,5,9,14H,3-4H2,(H,15,16). The number of hydrogen-bond acceptors (Lipinski definition) is 2. The van der Waals surface area contributed by atoms with Crippen LogP contribution in [0.5, 0.6) is 0 Å². The Morgan fingerprint density at radius 1 is 1.38 bits per heavy atom. The lowest BCUT2D eigenvalue weighted by Gasteiger charge is -2.19. The number of halogens is 2. The second kappa shape index (κ2) is 3.52. The highest BCUT2D eigenvalue weighted by Crippen LogP contribution is 2.51. The summed E-state index contributed by atoms with van der Waals surface area (Å²) in [5.74, 6) is -2.92. The normalized spacial score (nSPS) is 19.2. The molecule has 1 unspecified atom stereocenters. The van der Waals surface area contributed by atoms with Crippen molar-refractivity contribution < 1.29 is 23.8 Å². The summed E-state index contributed by atoms with van der Waals surface area (Å²) in [4.78, 5) is 10.7. The third-order valence-corrected chi connectivity index (χ3v) is 3.01. The molecule has 0 radical (unpaired) electrons. The van der Waals surface area contributed by atoms with Crippen LogP contribution in [0.4, 0.5) is 8.78 Å². The van der Waals surface area contributed by atoms with Gasteiger partial charge in [0.05, 0.1) is 0 Å². The van der Waals surface area contributed by atoms with Crippen molar-refractivity contribution >= 4 is 5.97 Å². The monoisotopic (exact) mass is 228 g/mol. The topological polar surface area (TPSA) is 57.5 Å². The highest BCUT2D eigenvalue weighted by atomic mass is 19.1. The van der Waals surface area contributed by atoms with Crippen molar-refractivity contribution in [1.29, 1.82) is 0 Å². The van der Waals surface area contributed by atoms with Crippen LogP contribution in [0, 0.1) is 11.6 Å². The zero-order valence-corrected chi connectivity index (χ0v) is 8.28. The van der Waals surface area contributed by atoms with Crippen LogP contribution in [-0.4, -0.2) is 22.3 Å². The van der Waals surface area contributed by atoms with E-state index in [-0.39, 0.29) is 5.56 Å². The Bertz CT molecular complexity index is 441. The first kappa shape index (κ1) is 11.0. The van der Waals surface area contributed by atoms with E-state index in [1.165, 1.54) is 6.07 Å². The minimum Gasteiger partial charge on any atom is -0.479 e. The van der Waals surface area contributed by atoms with E-state index in [1.54, 1.807) is 0 Å². The molecule has 16 heavy (non-hydrogen) atoms. The molecule has 1 fully saturated rings. The lowest BCUT2D eigenvalue weighted by Crippen LogP contribution is -2.34. The summed E-state index contributed by atoms with van der Waals surface area (Å²) in [5.41, 5.74) is -1.01. The van der Waals surface area contributed by atoms with Gasteiger partial charge in [-0.15, -0.1) is 0 Å². The number of rotatable bonds is 3. The molecule has 1 saturated carbocycles. The van der Waals surface area contributed by atoms with Gasteiger partial charge in [0, 0.05) is 11.5 Å². The highest BCUT2D eigenvalue weighted by molar-refractivity contribution is 5.75. The molecule has 0 saturated heterocycles. The van der Waals surface area contributed by atoms with Crippen LogP contribution in [0.25, 0.3) is 0 Å². The van der Waals surface area contributed by atoms with E-state index in [4.69, 9.17) is 5.11 Å². The van der Waals surface area contributed by atoms with Gasteiger partial charge in [0.25, 0.3) is 0 Å². The van der Waals surface area contributed by atoms with E-state index in [1.807, 2.05) is 0 Å². The Hall–Kier alpha value is -1.49. The molecule has 3 nitrogen and oxygen atoms in total. The number of benzene rings is 1. The van der Waals surface area contributed by atoms with Crippen LogP contribution < -0.4 is 0 Å². The quantitative estimate of drug-likeness (QED) is 0.823. The van der Waals surface area contributed by atoms with Crippen LogP contribution in [0.15, 0.2) is 18.2 Å². The average molecular weight is 228 g/mol. The van der Waals surface area contributed by atoms with E-state index in [0.717, 1.165) is 6.07 Å². The number of aliphatic carboxylic acids is 1. The second-order valence-corrected chi connectivity index (χ2v) is 4.02. The first-order valence-corrected chi connectivity index (χ1v) is 4.84. The van der Waals surface area contributed by atoms with Gasteiger partial charge in [0.1, 0.15) is 11.6 Å². The minimum absolute atomic E-state index is 0.0730. The van der Waals surface area contributed by atoms with Gasteiger partial charge in [0.2, 0.25) is 0 Å². The van der Waals surface area contributed by atoms with Crippen molar-refractivity contribution in [2.75, 3.05) is 0 Å². The second-order valence-electron chi connectivity index (χ2n) is 4.02. The molecule has 0 aromatic heterocycles. The van der Waals surface area contributed by atoms with Crippen LogP contribution in [0.1, 0.15) is 18.4 Å². The summed E-state index contributed by atoms with van der Waals surface area (Å²) < 4.78 is 26.2. The predicted octanol–water partition coefficient (Wildman–Crippen LogP) is 1.44. The maximum Gasteiger partial charge on any atom is 0.333 e. The lowest BCUT2D eigenvalue weighted by atomic mass is 9.89. The van der Waals surface area contributed by atoms with Gasteiger partial charge >= 0.3 is 5.97 Å². The van der Waals surface area contributed by atoms with Gasteiger partial charge in [0.15, 0.2) is 6.10 Å². The van der Waals surface area contributed by atoms with Crippen molar-refractivity contribution in [1.82, 2.24) is 0 Å². The number of aliphatic hydroxyl groups excluding tert-OH is 1. The molecule has 2 rings (SSSR count). The zero-order valence-electron chi connectivity index (χ0n) is 8.28. The van der Waals surface area contributed by atoms with E-state index in [0.29, 0.717) is 18.9 Å². The Kier molecular flexibility index (Phi) is 2.42. The molecule has 0 amide bonds. The predicted molar refractivity (Wildman–Crippen MR) is 50.9 cm³/mol. The molecule has 1 aromatic rings. The van der Waals surface area contributed by atoms with Gasteiger partial charge < -0.3 is 10.2 Å². The van der Waals surface area contributed by atoms with Crippen LogP contribution >= 0.6 is 0 Å². The first-order chi connectivity index (χ1) is 7.47. The SMILES string of the molecule is O=C(O)C(O)C1(c2ccc(F)cc2F)CC1. The maximum absolute atomic E-state index is 13.5. The molecule has 0 heterocycles. The third-order valence-electron chi connectivity index (χ3n) is 3.01. The smallest absolute Gasteiger partial charge is 0.333 e. The Morgan fingerprint density at radius 2 is 2.00 bits per heavy atom. The van der Waals surface area contributed by atoms with Crippen molar-refractivity contribution in [2.45, 2.75) is 24.4 Å². The number of hydrogen-bond donors (Lipinski definition) is 2. The van der Waals surface area contributed by atoms with E-state index < -0.39 is 29.1 Å². The van der Waals surface area contributed by atoms with Crippen molar-refractivity contribution in [3.63, 3.8) is 0 Å². The number of carboxylic acids is 1. The molecule has 1 aliphatic rings. The van der Waals surface area contributed by atoms with Crippen molar-refractivity contribution in [3.8, 4) is 0 Å². The average Bonchev–Trinajstić information content (AvgIpc) is 2.97. The Morgan fingerprint density at radius 3 is 2.44 bits per heavy atom. The molecular formula is C11H10F2O3. The van der Waals surface area contributed by atoms with Crippen molar-refractivity contribution in [2.24, 2.45) is 0 Å². The summed E-state index contributed by atoms with van der Waals surface area (Å²) in [6.07, 6.45) is -0.862. The molecule has 1 aromatic carbocycles. The van der Waals surface area contributed by atoms with Gasteiger partial charge in [-0.3, -0.25) is 0 Å². The largest absolute Gasteiger partial charge is 0.479 e. The molecule has 0 bridgehead atoms. The molecule has 0 spiro atoms. The van der Waals surface area contributed by atoms with Gasteiger partial charge in [-0.2, -0.15) is 0 Å². The van der Waals surface area contributed by atoms with Gasteiger partial charge in [-0.25, -0.2) is 13.6 Å². The van der Waals surface area contributed by atoms with Crippen LogP contribution in [0.3, 0.4) is 0 Å². The molecule has 86 valence electrons. The number of aliphatic hydroxyl groups is 1. The fourth-order valence-corrected chi connectivity index (χ4v) is 1.95. The first-order valence-electron chi connectivity index (χ1n) is 4.84. The summed E-state index contributed by atoms with van der Waals surface area (Å²) in [7, 11) is 0. The fourth-order valence-electron chi connectivity index (χ4n) is 1.95. The van der Waals surface area contributed by atoms with Gasteiger partial charge in [-0.1, -0.05) is 6.07 Å². The van der Waals surface area contributed by atoms with Crippen molar-refractivity contribution in [3.05, 3.63) is 35.4 Å². The lowest BCUT2D eigenvalue weighted by molar-refractivity contribution is -0.148. The molecule has 0 aliphatic heterocycles. The van der Waals surface area contributed by atoms with Gasteiger partial charge in [-0.05, 0) is 24.5 Å². The molecule has 1 aliphatic carbocycles. The Balaban J connectivity index is 2.40. The van der Waals surface area contributed by atoms with E-state index in [9.17, 15) is 18.7 Å². The van der Waals surface area contributed by atoms with Crippen LogP contribution in [-0.2, 0) is 10.2 Å². The highest BCUT2D eigenvalue weighted by Gasteiger charge is 2.54. The van der Waals surface area contributed by atoms with Crippen LogP contribution in [0.2, 0.25) is 0 Å². The maximum atomic E-state index is 13.5. The summed E-state index contributed by atoms with van der Waals surface area (Å²) >= 11 is 0. The minimum atomic E-state index is -1.65. The summed E-state index contributed by atoms with van der Waals surface area (Å²) in [6.45, 7) is 0. The molecule has 5 heteroatoms. The number of carboxylic acid groups (broad SMARTS) is 1. The fraction of sp³-hybridized carbons (Fsp3) is 0.364. The molecule has 1 atom stereocenters.